The SMILES string of the molecule is C/C1=C2/C(=N)C3(C4C(F)CCCC4Cl)CC=C3C2C(C)C(C=O)CCC1. The molecule has 142 valence electrons. The van der Waals surface area contributed by atoms with E-state index in [0.29, 0.717) is 12.1 Å². The molecule has 0 saturated heterocycles. The van der Waals surface area contributed by atoms with Crippen molar-refractivity contribution >= 4 is 23.6 Å². The number of aldehydes is 1. The van der Waals surface area contributed by atoms with E-state index >= 15 is 4.39 Å². The molecule has 0 bridgehead atoms. The van der Waals surface area contributed by atoms with Crippen molar-refractivity contribution in [3.63, 3.8) is 0 Å². The minimum atomic E-state index is -0.932. The summed E-state index contributed by atoms with van der Waals surface area (Å²) in [7, 11) is 0. The fraction of sp³-hybridized carbons (Fsp3) is 0.727. The highest BCUT2D eigenvalue weighted by Gasteiger charge is 2.63. The molecule has 7 unspecified atom stereocenters. The van der Waals surface area contributed by atoms with Gasteiger partial charge in [0.25, 0.3) is 0 Å². The van der Waals surface area contributed by atoms with Gasteiger partial charge in [-0.25, -0.2) is 4.39 Å². The Balaban J connectivity index is 1.83. The highest BCUT2D eigenvalue weighted by Crippen LogP contribution is 2.66. The Morgan fingerprint density at radius 2 is 2.08 bits per heavy atom. The molecule has 0 aromatic carbocycles. The smallest absolute Gasteiger partial charge is 0.123 e. The summed E-state index contributed by atoms with van der Waals surface area (Å²) < 4.78 is 15.1. The molecule has 2 fully saturated rings. The van der Waals surface area contributed by atoms with Gasteiger partial charge in [0.05, 0.1) is 0 Å². The van der Waals surface area contributed by atoms with Crippen molar-refractivity contribution in [2.45, 2.75) is 70.3 Å². The minimum Gasteiger partial charge on any atom is -0.304 e. The van der Waals surface area contributed by atoms with Crippen LogP contribution < -0.4 is 0 Å². The normalized spacial score (nSPS) is 48.6. The van der Waals surface area contributed by atoms with E-state index in [1.54, 1.807) is 0 Å². The van der Waals surface area contributed by atoms with Gasteiger partial charge in [0.1, 0.15) is 12.5 Å². The van der Waals surface area contributed by atoms with E-state index in [1.165, 1.54) is 11.1 Å². The van der Waals surface area contributed by atoms with Gasteiger partial charge in [-0.2, -0.15) is 0 Å². The Labute approximate surface area is 160 Å². The third kappa shape index (κ3) is 2.35. The lowest BCUT2D eigenvalue weighted by molar-refractivity contribution is -0.113. The molecule has 4 aliphatic carbocycles. The quantitative estimate of drug-likeness (QED) is 0.377. The van der Waals surface area contributed by atoms with Crippen LogP contribution >= 0.6 is 11.6 Å². The second-order valence-corrected chi connectivity index (χ2v) is 9.48. The predicted octanol–water partition coefficient (Wildman–Crippen LogP) is 5.65. The first-order valence-electron chi connectivity index (χ1n) is 10.2. The number of alkyl halides is 2. The Bertz CT molecular complexity index is 688. The van der Waals surface area contributed by atoms with Gasteiger partial charge in [0.2, 0.25) is 0 Å². The Morgan fingerprint density at radius 1 is 1.31 bits per heavy atom. The molecule has 0 amide bonds. The van der Waals surface area contributed by atoms with Crippen molar-refractivity contribution in [2.75, 3.05) is 0 Å². The summed E-state index contributed by atoms with van der Waals surface area (Å²) in [5.74, 6) is 0.0000686. The highest BCUT2D eigenvalue weighted by atomic mass is 35.5. The lowest BCUT2D eigenvalue weighted by Crippen LogP contribution is -2.50. The van der Waals surface area contributed by atoms with Crippen molar-refractivity contribution in [3.05, 3.63) is 22.8 Å². The average molecular weight is 378 g/mol. The first-order chi connectivity index (χ1) is 12.4. The molecule has 0 aromatic heterocycles. The zero-order chi connectivity index (χ0) is 18.6. The number of halogens is 2. The van der Waals surface area contributed by atoms with E-state index in [-0.39, 0.29) is 29.0 Å². The fourth-order valence-corrected chi connectivity index (χ4v) is 6.84. The number of carbonyl (C=O) groups is 1. The lowest BCUT2D eigenvalue weighted by atomic mass is 9.55. The van der Waals surface area contributed by atoms with Crippen LogP contribution in [0.3, 0.4) is 0 Å². The summed E-state index contributed by atoms with van der Waals surface area (Å²) in [6.45, 7) is 4.28. The third-order valence-corrected chi connectivity index (χ3v) is 8.24. The van der Waals surface area contributed by atoms with Crippen molar-refractivity contribution in [3.8, 4) is 0 Å². The molecule has 2 nitrogen and oxygen atoms in total. The Kier molecular flexibility index (Phi) is 4.66. The number of allylic oxidation sites excluding steroid dienone is 4. The van der Waals surface area contributed by atoms with Crippen LogP contribution in [0.1, 0.15) is 58.8 Å². The van der Waals surface area contributed by atoms with Crippen LogP contribution in [0.2, 0.25) is 0 Å². The van der Waals surface area contributed by atoms with Crippen LogP contribution in [0.5, 0.6) is 0 Å². The van der Waals surface area contributed by atoms with E-state index in [1.807, 2.05) is 0 Å². The molecule has 1 N–H and O–H groups in total. The summed E-state index contributed by atoms with van der Waals surface area (Å²) in [6.07, 6.45) is 8.19. The molecule has 0 spiro atoms. The van der Waals surface area contributed by atoms with Gasteiger partial charge in [-0.15, -0.1) is 11.6 Å². The molecule has 2 saturated carbocycles. The van der Waals surface area contributed by atoms with Crippen LogP contribution in [0.15, 0.2) is 22.8 Å². The van der Waals surface area contributed by atoms with Crippen molar-refractivity contribution in [1.29, 1.82) is 5.41 Å². The standard InChI is InChI=1S/C22H29ClFNO/c1-12-5-3-6-14(11-26)13(2)19-15-9-10-22(15,21(25)18(12)19)20-16(23)7-4-8-17(20)24/h9,11,13-14,16-17,19-20,25H,3-8,10H2,1-2H3/b18-12-,25-21?. The van der Waals surface area contributed by atoms with Crippen molar-refractivity contribution < 1.29 is 9.18 Å². The van der Waals surface area contributed by atoms with E-state index in [2.05, 4.69) is 19.9 Å². The molecule has 4 rings (SSSR count). The maximum atomic E-state index is 15.1. The minimum absolute atomic E-state index is 0.0209. The van der Waals surface area contributed by atoms with Gasteiger partial charge in [-0.05, 0) is 63.4 Å². The highest BCUT2D eigenvalue weighted by molar-refractivity contribution is 6.21. The van der Waals surface area contributed by atoms with E-state index in [0.717, 1.165) is 50.4 Å². The molecule has 7 atom stereocenters. The molecule has 4 aliphatic rings. The lowest BCUT2D eigenvalue weighted by Gasteiger charge is -2.49. The Hall–Kier alpha value is -0.960. The molecule has 4 heteroatoms. The van der Waals surface area contributed by atoms with E-state index < -0.39 is 11.6 Å². The zero-order valence-electron chi connectivity index (χ0n) is 15.7. The largest absolute Gasteiger partial charge is 0.304 e. The maximum Gasteiger partial charge on any atom is 0.123 e. The zero-order valence-corrected chi connectivity index (χ0v) is 16.5. The van der Waals surface area contributed by atoms with Crippen LogP contribution in [-0.4, -0.2) is 23.5 Å². The fourth-order valence-electron chi connectivity index (χ4n) is 6.31. The number of hydrogen-bond acceptors (Lipinski definition) is 2. The molecule has 0 aromatic rings. The van der Waals surface area contributed by atoms with Gasteiger partial charge in [-0.1, -0.05) is 24.1 Å². The summed E-state index contributed by atoms with van der Waals surface area (Å²) in [5.41, 5.74) is 3.69. The molecular formula is C22H29ClFNO. The van der Waals surface area contributed by atoms with E-state index in [9.17, 15) is 4.79 Å². The predicted molar refractivity (Wildman–Crippen MR) is 103 cm³/mol. The molecule has 0 heterocycles. The van der Waals surface area contributed by atoms with Gasteiger partial charge in [0, 0.05) is 34.3 Å². The van der Waals surface area contributed by atoms with E-state index in [4.69, 9.17) is 17.0 Å². The number of nitrogens with one attached hydrogen (secondary N) is 1. The molecule has 0 radical (unpaired) electrons. The monoisotopic (exact) mass is 377 g/mol. The third-order valence-electron chi connectivity index (χ3n) is 7.75. The van der Waals surface area contributed by atoms with Crippen LogP contribution in [0, 0.1) is 34.5 Å². The number of rotatable bonds is 2. The number of fused-ring (bicyclic) bond motifs is 3. The topological polar surface area (TPSA) is 40.9 Å². The molecular weight excluding hydrogens is 349 g/mol. The maximum absolute atomic E-state index is 15.1. The van der Waals surface area contributed by atoms with Crippen molar-refractivity contribution in [2.24, 2.45) is 29.1 Å². The second kappa shape index (κ2) is 6.58. The average Bonchev–Trinajstić information content (AvgIpc) is 2.74. The van der Waals surface area contributed by atoms with Crippen LogP contribution in [0.25, 0.3) is 0 Å². The first kappa shape index (κ1) is 18.4. The second-order valence-electron chi connectivity index (χ2n) is 8.92. The number of carbonyl (C=O) groups excluding carboxylic acids is 1. The molecule has 26 heavy (non-hydrogen) atoms. The van der Waals surface area contributed by atoms with Crippen LogP contribution in [0.4, 0.5) is 4.39 Å². The van der Waals surface area contributed by atoms with Crippen LogP contribution in [-0.2, 0) is 4.79 Å². The summed E-state index contributed by atoms with van der Waals surface area (Å²) >= 11 is 6.67. The van der Waals surface area contributed by atoms with Gasteiger partial charge in [-0.3, -0.25) is 0 Å². The Morgan fingerprint density at radius 3 is 2.69 bits per heavy atom. The number of hydrogen-bond donors (Lipinski definition) is 1. The van der Waals surface area contributed by atoms with Gasteiger partial charge in [0.15, 0.2) is 0 Å². The van der Waals surface area contributed by atoms with Gasteiger partial charge >= 0.3 is 0 Å². The summed E-state index contributed by atoms with van der Waals surface area (Å²) in [5, 5.41) is 8.92. The van der Waals surface area contributed by atoms with Crippen molar-refractivity contribution in [1.82, 2.24) is 0 Å². The first-order valence-corrected chi connectivity index (χ1v) is 10.6. The molecule has 0 aliphatic heterocycles. The summed E-state index contributed by atoms with van der Waals surface area (Å²) in [6, 6.07) is 0. The van der Waals surface area contributed by atoms with Gasteiger partial charge < -0.3 is 10.2 Å². The summed E-state index contributed by atoms with van der Waals surface area (Å²) in [4.78, 5) is 11.7.